The number of piperidine rings is 1. The van der Waals surface area contributed by atoms with Gasteiger partial charge < -0.3 is 19.7 Å². The Morgan fingerprint density at radius 1 is 1.06 bits per heavy atom. The van der Waals surface area contributed by atoms with E-state index >= 15 is 0 Å². The standard InChI is InChI=1S/C23H28N2O6/c1-30-18(27)23(29)17(26)20-8-5-12-24-13-11-21(16(20)24)14-6-3-4-7-15(14)25(19(28)31-2)22(21,23)10-9-20/h3-4,6-7,16-17,26,29H,5,8-13H2,1-2H3. The van der Waals surface area contributed by atoms with Gasteiger partial charge in [0.1, 0.15) is 11.6 Å². The van der Waals surface area contributed by atoms with Crippen LogP contribution in [0, 0.1) is 5.41 Å². The highest BCUT2D eigenvalue weighted by Crippen LogP contribution is 2.76. The Bertz CT molecular complexity index is 1000. The van der Waals surface area contributed by atoms with Gasteiger partial charge in [-0.2, -0.15) is 0 Å². The Hall–Kier alpha value is -2.16. The van der Waals surface area contributed by atoms with Gasteiger partial charge in [0, 0.05) is 16.9 Å². The SMILES string of the molecule is COC(=O)N1c2ccccc2C23CCN4CCCC5(CCC12C(O)(C(=O)OC)C5O)C43. The molecule has 7 rings (SSSR count). The van der Waals surface area contributed by atoms with Gasteiger partial charge in [0.2, 0.25) is 5.60 Å². The van der Waals surface area contributed by atoms with E-state index in [-0.39, 0.29) is 6.04 Å². The second kappa shape index (κ2) is 5.79. The Balaban J connectivity index is 1.76. The third-order valence-electron chi connectivity index (χ3n) is 9.38. The van der Waals surface area contributed by atoms with Crippen molar-refractivity contribution in [3.63, 3.8) is 0 Å². The molecule has 3 saturated carbocycles. The van der Waals surface area contributed by atoms with E-state index in [2.05, 4.69) is 4.90 Å². The van der Waals surface area contributed by atoms with E-state index in [1.54, 1.807) is 0 Å². The molecule has 1 amide bonds. The molecule has 2 saturated heterocycles. The van der Waals surface area contributed by atoms with Crippen molar-refractivity contribution >= 4 is 17.7 Å². The quantitative estimate of drug-likeness (QED) is 0.648. The summed E-state index contributed by atoms with van der Waals surface area (Å²) in [4.78, 5) is 30.5. The van der Waals surface area contributed by atoms with E-state index in [4.69, 9.17) is 9.47 Å². The van der Waals surface area contributed by atoms with Crippen LogP contribution in [-0.4, -0.2) is 77.8 Å². The number of hydrogen-bond acceptors (Lipinski definition) is 7. The highest BCUT2D eigenvalue weighted by atomic mass is 16.6. The van der Waals surface area contributed by atoms with Crippen LogP contribution in [0.25, 0.3) is 0 Å². The van der Waals surface area contributed by atoms with Crippen molar-refractivity contribution in [2.45, 2.75) is 60.8 Å². The van der Waals surface area contributed by atoms with E-state index in [0.717, 1.165) is 31.5 Å². The van der Waals surface area contributed by atoms with Gasteiger partial charge in [-0.3, -0.25) is 9.80 Å². The van der Waals surface area contributed by atoms with Gasteiger partial charge in [-0.15, -0.1) is 0 Å². The number of benzene rings is 1. The molecule has 2 bridgehead atoms. The first-order valence-corrected chi connectivity index (χ1v) is 11.1. The monoisotopic (exact) mass is 428 g/mol. The molecule has 5 fully saturated rings. The van der Waals surface area contributed by atoms with Crippen LogP contribution in [0.15, 0.2) is 24.3 Å². The first-order chi connectivity index (χ1) is 14.9. The summed E-state index contributed by atoms with van der Waals surface area (Å²) in [5.41, 5.74) is -3.39. The zero-order valence-electron chi connectivity index (χ0n) is 17.8. The van der Waals surface area contributed by atoms with E-state index in [0.29, 0.717) is 24.9 Å². The molecule has 8 nitrogen and oxygen atoms in total. The van der Waals surface area contributed by atoms with Crippen molar-refractivity contribution in [1.29, 1.82) is 0 Å². The number of hydrogen-bond donors (Lipinski definition) is 2. The third kappa shape index (κ3) is 1.69. The fraction of sp³-hybridized carbons (Fsp3) is 0.652. The number of para-hydroxylation sites is 1. The average Bonchev–Trinajstić information content (AvgIpc) is 3.33. The van der Waals surface area contributed by atoms with Crippen molar-refractivity contribution < 1.29 is 29.3 Å². The number of aliphatic hydroxyl groups is 2. The lowest BCUT2D eigenvalue weighted by molar-refractivity contribution is -0.280. The minimum Gasteiger partial charge on any atom is -0.467 e. The Labute approximate surface area is 180 Å². The summed E-state index contributed by atoms with van der Waals surface area (Å²) >= 11 is 0. The minimum absolute atomic E-state index is 0.0711. The van der Waals surface area contributed by atoms with Gasteiger partial charge in [0.15, 0.2) is 0 Å². The van der Waals surface area contributed by atoms with E-state index in [1.807, 2.05) is 24.3 Å². The maximum atomic E-state index is 13.4. The third-order valence-corrected chi connectivity index (χ3v) is 9.38. The second-order valence-electron chi connectivity index (χ2n) is 9.84. The number of esters is 1. The fourth-order valence-corrected chi connectivity index (χ4v) is 8.69. The van der Waals surface area contributed by atoms with Gasteiger partial charge in [-0.1, -0.05) is 18.2 Å². The van der Waals surface area contributed by atoms with E-state index in [1.165, 1.54) is 19.1 Å². The summed E-state index contributed by atoms with van der Waals surface area (Å²) in [6.45, 7) is 1.70. The highest BCUT2D eigenvalue weighted by Gasteiger charge is 2.89. The molecule has 8 heteroatoms. The lowest BCUT2D eigenvalue weighted by Crippen LogP contribution is -2.91. The molecule has 3 spiro atoms. The van der Waals surface area contributed by atoms with Crippen molar-refractivity contribution in [1.82, 2.24) is 4.90 Å². The summed E-state index contributed by atoms with van der Waals surface area (Å²) in [5.74, 6) is -0.886. The number of rotatable bonds is 1. The van der Waals surface area contributed by atoms with Crippen LogP contribution >= 0.6 is 0 Å². The summed E-state index contributed by atoms with van der Waals surface area (Å²) in [6, 6.07) is 7.58. The van der Waals surface area contributed by atoms with Crippen molar-refractivity contribution in [3.05, 3.63) is 29.8 Å². The smallest absolute Gasteiger partial charge is 0.414 e. The number of carbonyl (C=O) groups excluding carboxylic acids is 2. The number of anilines is 1. The fourth-order valence-electron chi connectivity index (χ4n) is 8.69. The first-order valence-electron chi connectivity index (χ1n) is 11.1. The molecule has 6 atom stereocenters. The van der Waals surface area contributed by atoms with Gasteiger partial charge >= 0.3 is 12.1 Å². The Morgan fingerprint density at radius 3 is 2.58 bits per heavy atom. The maximum Gasteiger partial charge on any atom is 0.414 e. The first kappa shape index (κ1) is 19.5. The molecule has 166 valence electrons. The van der Waals surface area contributed by atoms with Crippen LogP contribution in [0.5, 0.6) is 0 Å². The van der Waals surface area contributed by atoms with E-state index < -0.39 is 40.1 Å². The van der Waals surface area contributed by atoms with Crippen LogP contribution in [0.1, 0.15) is 37.7 Å². The molecule has 2 N–H and O–H groups in total. The average molecular weight is 428 g/mol. The number of fused-ring (bicyclic) bond motifs is 3. The summed E-state index contributed by atoms with van der Waals surface area (Å²) < 4.78 is 10.3. The highest BCUT2D eigenvalue weighted by molar-refractivity contribution is 5.99. The molecular weight excluding hydrogens is 400 g/mol. The summed E-state index contributed by atoms with van der Waals surface area (Å²) in [7, 11) is 2.53. The topological polar surface area (TPSA) is 99.5 Å². The lowest BCUT2D eigenvalue weighted by Gasteiger charge is -2.73. The molecule has 6 unspecified atom stereocenters. The number of carbonyl (C=O) groups is 2. The van der Waals surface area contributed by atoms with Gasteiger partial charge in [0.05, 0.1) is 19.9 Å². The van der Waals surface area contributed by atoms with Crippen molar-refractivity contribution in [2.24, 2.45) is 5.41 Å². The molecule has 0 radical (unpaired) electrons. The van der Waals surface area contributed by atoms with Gasteiger partial charge in [-0.25, -0.2) is 9.59 Å². The Kier molecular flexibility index (Phi) is 3.65. The zero-order valence-corrected chi connectivity index (χ0v) is 17.8. The molecular formula is C23H28N2O6. The minimum atomic E-state index is -2.27. The van der Waals surface area contributed by atoms with Crippen LogP contribution in [0.4, 0.5) is 10.5 Å². The molecule has 1 aromatic rings. The predicted molar refractivity (Wildman–Crippen MR) is 110 cm³/mol. The van der Waals surface area contributed by atoms with Crippen LogP contribution in [-0.2, 0) is 19.7 Å². The predicted octanol–water partition coefficient (Wildman–Crippen LogP) is 1.18. The molecule has 3 heterocycles. The normalized spacial score (nSPS) is 44.5. The zero-order chi connectivity index (χ0) is 21.8. The summed E-state index contributed by atoms with van der Waals surface area (Å²) in [5, 5.41) is 24.1. The van der Waals surface area contributed by atoms with Gasteiger partial charge in [0.25, 0.3) is 0 Å². The number of nitrogens with zero attached hydrogens (tertiary/aromatic N) is 2. The number of amides is 1. The largest absolute Gasteiger partial charge is 0.467 e. The second-order valence-corrected chi connectivity index (χ2v) is 9.84. The van der Waals surface area contributed by atoms with Crippen LogP contribution in [0.2, 0.25) is 0 Å². The number of aliphatic hydroxyl groups excluding tert-OH is 1. The van der Waals surface area contributed by atoms with E-state index in [9.17, 15) is 19.8 Å². The van der Waals surface area contributed by atoms with Crippen molar-refractivity contribution in [3.8, 4) is 0 Å². The molecule has 31 heavy (non-hydrogen) atoms. The molecule has 3 aliphatic heterocycles. The molecule has 1 aromatic carbocycles. The lowest BCUT2D eigenvalue weighted by atomic mass is 9.36. The Morgan fingerprint density at radius 2 is 1.84 bits per heavy atom. The van der Waals surface area contributed by atoms with Gasteiger partial charge in [-0.05, 0) is 56.8 Å². The van der Waals surface area contributed by atoms with Crippen LogP contribution < -0.4 is 4.90 Å². The van der Waals surface area contributed by atoms with Crippen LogP contribution in [0.3, 0.4) is 0 Å². The number of methoxy groups -OCH3 is 2. The maximum absolute atomic E-state index is 13.4. The van der Waals surface area contributed by atoms with Crippen molar-refractivity contribution in [2.75, 3.05) is 32.2 Å². The molecule has 3 aliphatic carbocycles. The molecule has 6 aliphatic rings. The number of ether oxygens (including phenoxy) is 2. The molecule has 0 aromatic heterocycles. The summed E-state index contributed by atoms with van der Waals surface area (Å²) in [6.07, 6.45) is 1.35.